The molecule has 1 atom stereocenters. The van der Waals surface area contributed by atoms with Crippen LogP contribution in [-0.2, 0) is 16.6 Å². The van der Waals surface area contributed by atoms with Crippen molar-refractivity contribution >= 4 is 5.97 Å². The van der Waals surface area contributed by atoms with Crippen molar-refractivity contribution in [1.29, 1.82) is 0 Å². The van der Waals surface area contributed by atoms with E-state index in [0.29, 0.717) is 12.3 Å². The molecule has 20 heavy (non-hydrogen) atoms. The van der Waals surface area contributed by atoms with E-state index < -0.39 is 5.97 Å². The molecule has 0 amide bonds. The summed E-state index contributed by atoms with van der Waals surface area (Å²) in [5.41, 5.74) is 4.43. The maximum atomic E-state index is 11.3. The van der Waals surface area contributed by atoms with Gasteiger partial charge in [0.15, 0.2) is 0 Å². The van der Waals surface area contributed by atoms with Crippen LogP contribution in [0.2, 0.25) is 0 Å². The molecule has 1 aromatic rings. The fraction of sp³-hybridized carbons (Fsp3) is 0.611. The number of carboxylic acids is 1. The Kier molecular flexibility index (Phi) is 3.57. The number of carbonyl (C=O) groups is 1. The van der Waals surface area contributed by atoms with Gasteiger partial charge in [-0.1, -0.05) is 43.0 Å². The monoisotopic (exact) mass is 272 g/mol. The molecular weight excluding hydrogens is 248 g/mol. The van der Waals surface area contributed by atoms with E-state index in [4.69, 9.17) is 0 Å². The Bertz CT molecular complexity index is 512. The topological polar surface area (TPSA) is 37.3 Å². The van der Waals surface area contributed by atoms with E-state index in [-0.39, 0.29) is 5.41 Å². The second-order valence-corrected chi connectivity index (χ2v) is 6.71. The van der Waals surface area contributed by atoms with Crippen molar-refractivity contribution in [1.82, 2.24) is 0 Å². The molecular formula is C18H24O2. The molecule has 0 saturated heterocycles. The number of benzene rings is 1. The number of hydrogen-bond donors (Lipinski definition) is 1. The van der Waals surface area contributed by atoms with Gasteiger partial charge in [0.2, 0.25) is 0 Å². The third-order valence-electron chi connectivity index (χ3n) is 5.51. The van der Waals surface area contributed by atoms with Crippen LogP contribution in [-0.4, -0.2) is 11.1 Å². The van der Waals surface area contributed by atoms with Crippen LogP contribution < -0.4 is 0 Å². The molecule has 2 aliphatic rings. The predicted molar refractivity (Wildman–Crippen MR) is 80.0 cm³/mol. The number of carboxylic acid groups (broad SMARTS) is 1. The van der Waals surface area contributed by atoms with Crippen molar-refractivity contribution in [2.24, 2.45) is 5.92 Å². The molecule has 2 aliphatic carbocycles. The Labute approximate surface area is 121 Å². The van der Waals surface area contributed by atoms with Gasteiger partial charge in [-0.05, 0) is 55.1 Å². The minimum atomic E-state index is -0.629. The minimum absolute atomic E-state index is 0.151. The highest BCUT2D eigenvalue weighted by Gasteiger charge is 2.45. The van der Waals surface area contributed by atoms with Crippen molar-refractivity contribution in [3.05, 3.63) is 34.9 Å². The predicted octanol–water partition coefficient (Wildman–Crippen LogP) is 4.23. The molecule has 0 bridgehead atoms. The molecule has 1 saturated carbocycles. The van der Waals surface area contributed by atoms with Crippen molar-refractivity contribution < 1.29 is 9.90 Å². The van der Waals surface area contributed by atoms with Gasteiger partial charge in [0.25, 0.3) is 0 Å². The largest absolute Gasteiger partial charge is 0.481 e. The highest BCUT2D eigenvalue weighted by molar-refractivity contribution is 5.67. The van der Waals surface area contributed by atoms with Gasteiger partial charge in [-0.3, -0.25) is 4.79 Å². The summed E-state index contributed by atoms with van der Waals surface area (Å²) in [4.78, 5) is 11.3. The van der Waals surface area contributed by atoms with Gasteiger partial charge in [-0.25, -0.2) is 0 Å². The van der Waals surface area contributed by atoms with E-state index in [2.05, 4.69) is 25.1 Å². The Hall–Kier alpha value is -1.31. The Balaban J connectivity index is 2.04. The van der Waals surface area contributed by atoms with E-state index in [1.54, 1.807) is 0 Å². The van der Waals surface area contributed by atoms with Crippen molar-refractivity contribution in [2.75, 3.05) is 0 Å². The highest BCUT2D eigenvalue weighted by Crippen LogP contribution is 2.51. The zero-order chi connectivity index (χ0) is 14.2. The van der Waals surface area contributed by atoms with Gasteiger partial charge in [0.1, 0.15) is 0 Å². The van der Waals surface area contributed by atoms with Crippen molar-refractivity contribution in [3.8, 4) is 0 Å². The Morgan fingerprint density at radius 1 is 1.30 bits per heavy atom. The average Bonchev–Trinajstić information content (AvgIpc) is 2.43. The van der Waals surface area contributed by atoms with E-state index in [1.165, 1.54) is 48.8 Å². The Morgan fingerprint density at radius 2 is 2.05 bits per heavy atom. The summed E-state index contributed by atoms with van der Waals surface area (Å²) in [6, 6.07) is 6.82. The van der Waals surface area contributed by atoms with Gasteiger partial charge in [-0.15, -0.1) is 0 Å². The summed E-state index contributed by atoms with van der Waals surface area (Å²) in [7, 11) is 0. The first-order chi connectivity index (χ1) is 9.62. The molecule has 0 heterocycles. The van der Waals surface area contributed by atoms with E-state index in [9.17, 15) is 9.90 Å². The van der Waals surface area contributed by atoms with Gasteiger partial charge < -0.3 is 5.11 Å². The van der Waals surface area contributed by atoms with Crippen LogP contribution in [0.5, 0.6) is 0 Å². The van der Waals surface area contributed by atoms with E-state index in [0.717, 1.165) is 12.8 Å². The lowest BCUT2D eigenvalue weighted by molar-refractivity contribution is -0.139. The number of hydrogen-bond acceptors (Lipinski definition) is 1. The first kappa shape index (κ1) is 13.7. The molecule has 2 heteroatoms. The highest BCUT2D eigenvalue weighted by atomic mass is 16.4. The average molecular weight is 272 g/mol. The second-order valence-electron chi connectivity index (χ2n) is 6.71. The fourth-order valence-electron chi connectivity index (χ4n) is 4.61. The lowest BCUT2D eigenvalue weighted by atomic mass is 9.56. The van der Waals surface area contributed by atoms with Gasteiger partial charge in [0, 0.05) is 6.42 Å². The van der Waals surface area contributed by atoms with Crippen LogP contribution in [0, 0.1) is 12.8 Å². The van der Waals surface area contributed by atoms with Crippen LogP contribution in [0.25, 0.3) is 0 Å². The molecule has 1 fully saturated rings. The molecule has 1 spiro atoms. The zero-order valence-corrected chi connectivity index (χ0v) is 12.3. The summed E-state index contributed by atoms with van der Waals surface area (Å²) in [5.74, 6) is -0.300. The maximum Gasteiger partial charge on any atom is 0.303 e. The van der Waals surface area contributed by atoms with E-state index in [1.807, 2.05) is 0 Å². The summed E-state index contributed by atoms with van der Waals surface area (Å²) in [5, 5.41) is 9.27. The summed E-state index contributed by atoms with van der Waals surface area (Å²) >= 11 is 0. The van der Waals surface area contributed by atoms with Crippen LogP contribution >= 0.6 is 0 Å². The lowest BCUT2D eigenvalue weighted by Gasteiger charge is -2.48. The zero-order valence-electron chi connectivity index (χ0n) is 12.3. The molecule has 1 aromatic carbocycles. The Morgan fingerprint density at radius 3 is 2.75 bits per heavy atom. The molecule has 1 unspecified atom stereocenters. The van der Waals surface area contributed by atoms with Crippen LogP contribution in [0.15, 0.2) is 18.2 Å². The van der Waals surface area contributed by atoms with E-state index >= 15 is 0 Å². The molecule has 2 nitrogen and oxygen atoms in total. The van der Waals surface area contributed by atoms with Gasteiger partial charge in [0.05, 0.1) is 0 Å². The number of aliphatic carboxylic acids is 1. The van der Waals surface area contributed by atoms with Crippen molar-refractivity contribution in [2.45, 2.75) is 63.7 Å². The lowest BCUT2D eigenvalue weighted by Crippen LogP contribution is -2.42. The van der Waals surface area contributed by atoms with Crippen LogP contribution in [0.3, 0.4) is 0 Å². The molecule has 108 valence electrons. The molecule has 3 rings (SSSR count). The summed E-state index contributed by atoms with van der Waals surface area (Å²) in [6.45, 7) is 2.15. The summed E-state index contributed by atoms with van der Waals surface area (Å²) < 4.78 is 0. The standard InChI is InChI=1S/C18H24O2/c1-13-5-8-16-14(11-13)6-7-15(12-17(19)20)18(16)9-3-2-4-10-18/h5,8,11,15H,2-4,6-7,9-10,12H2,1H3,(H,19,20). The van der Waals surface area contributed by atoms with Crippen molar-refractivity contribution in [3.63, 3.8) is 0 Å². The molecule has 0 aromatic heterocycles. The SMILES string of the molecule is Cc1ccc2c(c1)CCC(CC(=O)O)C21CCCCC1. The quantitative estimate of drug-likeness (QED) is 0.874. The number of aryl methyl sites for hydroxylation is 2. The third kappa shape index (κ3) is 2.25. The van der Waals surface area contributed by atoms with Crippen LogP contribution in [0.4, 0.5) is 0 Å². The molecule has 0 radical (unpaired) electrons. The van der Waals surface area contributed by atoms with Gasteiger partial charge in [-0.2, -0.15) is 0 Å². The first-order valence-corrected chi connectivity index (χ1v) is 7.94. The van der Waals surface area contributed by atoms with Gasteiger partial charge >= 0.3 is 5.97 Å². The minimum Gasteiger partial charge on any atom is -0.481 e. The number of rotatable bonds is 2. The first-order valence-electron chi connectivity index (χ1n) is 7.94. The van der Waals surface area contributed by atoms with Crippen LogP contribution in [0.1, 0.15) is 61.6 Å². The third-order valence-corrected chi connectivity index (χ3v) is 5.51. The molecule has 1 N–H and O–H groups in total. The smallest absolute Gasteiger partial charge is 0.303 e. The number of fused-ring (bicyclic) bond motifs is 2. The normalized spacial score (nSPS) is 24.4. The summed E-state index contributed by atoms with van der Waals surface area (Å²) in [6.07, 6.45) is 8.62. The fourth-order valence-corrected chi connectivity index (χ4v) is 4.61. The molecule has 0 aliphatic heterocycles. The maximum absolute atomic E-state index is 11.3. The second kappa shape index (κ2) is 5.23.